The first-order valence-corrected chi connectivity index (χ1v) is 7.37. The average molecular weight is 224 g/mol. The van der Waals surface area contributed by atoms with E-state index in [9.17, 15) is 0 Å². The Hall–Kier alpha value is -0.0800. The van der Waals surface area contributed by atoms with Crippen LogP contribution in [0.15, 0.2) is 0 Å². The molecule has 1 aliphatic heterocycles. The molecule has 2 aliphatic rings. The van der Waals surface area contributed by atoms with Gasteiger partial charge in [-0.05, 0) is 45.2 Å². The van der Waals surface area contributed by atoms with Crippen LogP contribution in [-0.2, 0) is 0 Å². The first-order chi connectivity index (χ1) is 7.88. The van der Waals surface area contributed by atoms with Crippen LogP contribution < -0.4 is 5.32 Å². The van der Waals surface area contributed by atoms with Crippen molar-refractivity contribution >= 4 is 0 Å². The lowest BCUT2D eigenvalue weighted by atomic mass is 10.0. The number of unbranched alkanes of at least 4 members (excludes halogenated alkanes) is 1. The Kier molecular flexibility index (Phi) is 5.11. The molecule has 1 saturated heterocycles. The largest absolute Gasteiger partial charge is 0.310 e. The maximum absolute atomic E-state index is 3.88. The predicted molar refractivity (Wildman–Crippen MR) is 69.8 cm³/mol. The van der Waals surface area contributed by atoms with E-state index >= 15 is 0 Å². The van der Waals surface area contributed by atoms with Crippen LogP contribution in [0.1, 0.15) is 58.3 Å². The van der Waals surface area contributed by atoms with Crippen LogP contribution in [0.2, 0.25) is 0 Å². The molecule has 0 amide bonds. The van der Waals surface area contributed by atoms with Crippen molar-refractivity contribution in [1.29, 1.82) is 0 Å². The zero-order valence-corrected chi connectivity index (χ0v) is 10.9. The van der Waals surface area contributed by atoms with Crippen molar-refractivity contribution in [3.63, 3.8) is 0 Å². The number of nitrogens with one attached hydrogen (secondary N) is 1. The Labute approximate surface area is 101 Å². The van der Waals surface area contributed by atoms with Gasteiger partial charge in [0.1, 0.15) is 0 Å². The van der Waals surface area contributed by atoms with Gasteiger partial charge < -0.3 is 10.2 Å². The molecule has 2 heteroatoms. The lowest BCUT2D eigenvalue weighted by molar-refractivity contribution is 0.180. The van der Waals surface area contributed by atoms with Gasteiger partial charge in [0.25, 0.3) is 0 Å². The van der Waals surface area contributed by atoms with Crippen LogP contribution in [0.5, 0.6) is 0 Å². The summed E-state index contributed by atoms with van der Waals surface area (Å²) in [5, 5.41) is 3.88. The fraction of sp³-hybridized carbons (Fsp3) is 1.00. The quantitative estimate of drug-likeness (QED) is 0.772. The van der Waals surface area contributed by atoms with Crippen molar-refractivity contribution in [2.75, 3.05) is 19.6 Å². The van der Waals surface area contributed by atoms with Gasteiger partial charge in [-0.25, -0.2) is 0 Å². The Balaban J connectivity index is 1.68. The number of hydrogen-bond acceptors (Lipinski definition) is 2. The van der Waals surface area contributed by atoms with Crippen molar-refractivity contribution in [3.05, 3.63) is 0 Å². The standard InChI is InChI=1S/C14H28N2/c1-2-3-10-16-11-6-9-14(12-16)15-13-7-4-5-8-13/h13-15H,2-12H2,1H3. The zero-order chi connectivity index (χ0) is 11.2. The van der Waals surface area contributed by atoms with Crippen LogP contribution in [0.3, 0.4) is 0 Å². The highest BCUT2D eigenvalue weighted by atomic mass is 15.2. The minimum absolute atomic E-state index is 0.786. The molecule has 1 saturated carbocycles. The smallest absolute Gasteiger partial charge is 0.0198 e. The molecule has 2 fully saturated rings. The van der Waals surface area contributed by atoms with Crippen LogP contribution in [0, 0.1) is 0 Å². The van der Waals surface area contributed by atoms with Crippen LogP contribution in [-0.4, -0.2) is 36.6 Å². The summed E-state index contributed by atoms with van der Waals surface area (Å²) in [6.45, 7) is 6.25. The minimum atomic E-state index is 0.786. The lowest BCUT2D eigenvalue weighted by Crippen LogP contribution is -2.48. The normalized spacial score (nSPS) is 28.7. The minimum Gasteiger partial charge on any atom is -0.310 e. The van der Waals surface area contributed by atoms with Crippen LogP contribution >= 0.6 is 0 Å². The molecular formula is C14H28N2. The Bertz CT molecular complexity index is 187. The van der Waals surface area contributed by atoms with E-state index in [1.54, 1.807) is 0 Å². The van der Waals surface area contributed by atoms with Gasteiger partial charge in [-0.3, -0.25) is 0 Å². The number of likely N-dealkylation sites (tertiary alicyclic amines) is 1. The third-order valence-electron chi connectivity index (χ3n) is 4.16. The van der Waals surface area contributed by atoms with E-state index < -0.39 is 0 Å². The predicted octanol–water partition coefficient (Wildman–Crippen LogP) is 2.78. The second kappa shape index (κ2) is 6.61. The summed E-state index contributed by atoms with van der Waals surface area (Å²) in [5.74, 6) is 0. The number of piperidine rings is 1. The first kappa shape index (κ1) is 12.4. The molecule has 0 aromatic rings. The van der Waals surface area contributed by atoms with Crippen molar-refractivity contribution in [1.82, 2.24) is 10.2 Å². The summed E-state index contributed by atoms with van der Waals surface area (Å²) < 4.78 is 0. The van der Waals surface area contributed by atoms with Gasteiger partial charge in [-0.15, -0.1) is 0 Å². The monoisotopic (exact) mass is 224 g/mol. The maximum atomic E-state index is 3.88. The summed E-state index contributed by atoms with van der Waals surface area (Å²) >= 11 is 0. The van der Waals surface area contributed by atoms with Gasteiger partial charge >= 0.3 is 0 Å². The molecule has 1 atom stereocenters. The molecule has 0 bridgehead atoms. The molecule has 1 N–H and O–H groups in total. The molecule has 2 nitrogen and oxygen atoms in total. The van der Waals surface area contributed by atoms with Gasteiger partial charge in [-0.1, -0.05) is 26.2 Å². The topological polar surface area (TPSA) is 15.3 Å². The zero-order valence-electron chi connectivity index (χ0n) is 10.9. The summed E-state index contributed by atoms with van der Waals surface area (Å²) in [7, 11) is 0. The molecule has 1 unspecified atom stereocenters. The van der Waals surface area contributed by atoms with Gasteiger partial charge in [0.05, 0.1) is 0 Å². The van der Waals surface area contributed by atoms with Gasteiger partial charge in [0.2, 0.25) is 0 Å². The van der Waals surface area contributed by atoms with Gasteiger partial charge in [-0.2, -0.15) is 0 Å². The highest BCUT2D eigenvalue weighted by Gasteiger charge is 2.23. The van der Waals surface area contributed by atoms with Gasteiger partial charge in [0.15, 0.2) is 0 Å². The lowest BCUT2D eigenvalue weighted by Gasteiger charge is -2.34. The molecular weight excluding hydrogens is 196 g/mol. The second-order valence-corrected chi connectivity index (χ2v) is 5.64. The first-order valence-electron chi connectivity index (χ1n) is 7.37. The van der Waals surface area contributed by atoms with Crippen molar-refractivity contribution < 1.29 is 0 Å². The summed E-state index contributed by atoms with van der Waals surface area (Å²) in [6, 6.07) is 1.63. The Morgan fingerprint density at radius 3 is 2.56 bits per heavy atom. The van der Waals surface area contributed by atoms with E-state index in [0.717, 1.165) is 12.1 Å². The molecule has 2 rings (SSSR count). The second-order valence-electron chi connectivity index (χ2n) is 5.64. The Morgan fingerprint density at radius 1 is 1.06 bits per heavy atom. The summed E-state index contributed by atoms with van der Waals surface area (Å²) in [5.41, 5.74) is 0. The Morgan fingerprint density at radius 2 is 1.81 bits per heavy atom. The highest BCUT2D eigenvalue weighted by molar-refractivity contribution is 4.83. The fourth-order valence-electron chi connectivity index (χ4n) is 3.20. The van der Waals surface area contributed by atoms with Crippen molar-refractivity contribution in [2.24, 2.45) is 0 Å². The van der Waals surface area contributed by atoms with E-state index in [1.807, 2.05) is 0 Å². The molecule has 94 valence electrons. The number of rotatable bonds is 5. The van der Waals surface area contributed by atoms with E-state index in [0.29, 0.717) is 0 Å². The van der Waals surface area contributed by atoms with Crippen LogP contribution in [0.4, 0.5) is 0 Å². The third-order valence-corrected chi connectivity index (χ3v) is 4.16. The summed E-state index contributed by atoms with van der Waals surface area (Å²) in [6.07, 6.45) is 11.2. The van der Waals surface area contributed by atoms with Crippen molar-refractivity contribution in [2.45, 2.75) is 70.4 Å². The third kappa shape index (κ3) is 3.74. The van der Waals surface area contributed by atoms with Crippen LogP contribution in [0.25, 0.3) is 0 Å². The number of hydrogen-bond donors (Lipinski definition) is 1. The summed E-state index contributed by atoms with van der Waals surface area (Å²) in [4.78, 5) is 2.67. The maximum Gasteiger partial charge on any atom is 0.0198 e. The SMILES string of the molecule is CCCCN1CCCC(NC2CCCC2)C1. The molecule has 0 radical (unpaired) electrons. The molecule has 0 spiro atoms. The van der Waals surface area contributed by atoms with E-state index in [-0.39, 0.29) is 0 Å². The van der Waals surface area contributed by atoms with Gasteiger partial charge in [0, 0.05) is 18.6 Å². The van der Waals surface area contributed by atoms with Crippen molar-refractivity contribution in [3.8, 4) is 0 Å². The number of nitrogens with zero attached hydrogens (tertiary/aromatic N) is 1. The fourth-order valence-corrected chi connectivity index (χ4v) is 3.20. The average Bonchev–Trinajstić information content (AvgIpc) is 2.80. The van der Waals surface area contributed by atoms with E-state index in [2.05, 4.69) is 17.1 Å². The molecule has 16 heavy (non-hydrogen) atoms. The van der Waals surface area contributed by atoms with E-state index in [4.69, 9.17) is 0 Å². The molecule has 0 aromatic heterocycles. The molecule has 1 heterocycles. The highest BCUT2D eigenvalue weighted by Crippen LogP contribution is 2.20. The molecule has 0 aromatic carbocycles. The van der Waals surface area contributed by atoms with E-state index in [1.165, 1.54) is 71.0 Å². The molecule has 1 aliphatic carbocycles.